The molecular formula is C18H15N3O4. The maximum Gasteiger partial charge on any atom is 0.340 e. The van der Waals surface area contributed by atoms with Crippen molar-refractivity contribution in [3.05, 3.63) is 70.1 Å². The van der Waals surface area contributed by atoms with Gasteiger partial charge in [0, 0.05) is 5.39 Å². The summed E-state index contributed by atoms with van der Waals surface area (Å²) in [5.41, 5.74) is 0.238. The van der Waals surface area contributed by atoms with Crippen molar-refractivity contribution < 1.29 is 14.3 Å². The molecule has 7 nitrogen and oxygen atoms in total. The number of anilines is 1. The highest BCUT2D eigenvalue weighted by Gasteiger charge is 2.18. The van der Waals surface area contributed by atoms with E-state index in [2.05, 4.69) is 15.5 Å². The lowest BCUT2D eigenvalue weighted by Gasteiger charge is -2.10. The third-order valence-corrected chi connectivity index (χ3v) is 3.58. The zero-order chi connectivity index (χ0) is 17.8. The van der Waals surface area contributed by atoms with Gasteiger partial charge in [-0.25, -0.2) is 9.89 Å². The highest BCUT2D eigenvalue weighted by atomic mass is 16.5. The number of nitrogens with one attached hydrogen (secondary N) is 2. The van der Waals surface area contributed by atoms with Gasteiger partial charge in [0.2, 0.25) is 0 Å². The van der Waals surface area contributed by atoms with Crippen LogP contribution in [0.1, 0.15) is 27.8 Å². The molecule has 3 aromatic rings. The van der Waals surface area contributed by atoms with E-state index in [0.29, 0.717) is 16.5 Å². The second-order valence-electron chi connectivity index (χ2n) is 5.17. The van der Waals surface area contributed by atoms with Gasteiger partial charge in [-0.1, -0.05) is 30.3 Å². The van der Waals surface area contributed by atoms with Crippen molar-refractivity contribution >= 4 is 28.3 Å². The molecule has 2 N–H and O–H groups in total. The van der Waals surface area contributed by atoms with Crippen molar-refractivity contribution in [2.45, 2.75) is 6.92 Å². The third kappa shape index (κ3) is 3.25. The molecule has 0 spiro atoms. The van der Waals surface area contributed by atoms with Crippen LogP contribution in [0.4, 0.5) is 5.69 Å². The van der Waals surface area contributed by atoms with Gasteiger partial charge in [-0.15, -0.1) is 0 Å². The Bertz CT molecular complexity index is 1010. The molecule has 0 saturated carbocycles. The fourth-order valence-electron chi connectivity index (χ4n) is 2.45. The fraction of sp³-hybridized carbons (Fsp3) is 0.111. The predicted molar refractivity (Wildman–Crippen MR) is 92.7 cm³/mol. The molecule has 0 bridgehead atoms. The van der Waals surface area contributed by atoms with E-state index in [1.165, 1.54) is 0 Å². The van der Waals surface area contributed by atoms with Gasteiger partial charge in [0.25, 0.3) is 11.5 Å². The molecule has 1 heterocycles. The van der Waals surface area contributed by atoms with Gasteiger partial charge in [-0.3, -0.25) is 9.59 Å². The van der Waals surface area contributed by atoms with Gasteiger partial charge in [0.1, 0.15) is 0 Å². The van der Waals surface area contributed by atoms with Gasteiger partial charge >= 0.3 is 5.97 Å². The van der Waals surface area contributed by atoms with Gasteiger partial charge < -0.3 is 10.1 Å². The Balaban J connectivity index is 1.98. The quantitative estimate of drug-likeness (QED) is 0.712. The van der Waals surface area contributed by atoms with Crippen molar-refractivity contribution in [1.82, 2.24) is 10.2 Å². The van der Waals surface area contributed by atoms with Crippen LogP contribution >= 0.6 is 0 Å². The molecule has 25 heavy (non-hydrogen) atoms. The molecule has 0 aliphatic rings. The number of para-hydroxylation sites is 1. The van der Waals surface area contributed by atoms with Crippen LogP contribution in [0.2, 0.25) is 0 Å². The number of carbonyl (C=O) groups is 2. The number of benzene rings is 2. The summed E-state index contributed by atoms with van der Waals surface area (Å²) in [5.74, 6) is -1.07. The largest absolute Gasteiger partial charge is 0.462 e. The fourth-order valence-corrected chi connectivity index (χ4v) is 2.45. The van der Waals surface area contributed by atoms with Crippen molar-refractivity contribution in [3.63, 3.8) is 0 Å². The average Bonchev–Trinajstić information content (AvgIpc) is 2.63. The summed E-state index contributed by atoms with van der Waals surface area (Å²) in [6.45, 7) is 1.93. The number of fused-ring (bicyclic) bond motifs is 1. The van der Waals surface area contributed by atoms with Crippen molar-refractivity contribution in [3.8, 4) is 0 Å². The summed E-state index contributed by atoms with van der Waals surface area (Å²) in [4.78, 5) is 36.4. The minimum atomic E-state index is -0.538. The number of ether oxygens (including phenoxy) is 1. The van der Waals surface area contributed by atoms with Crippen LogP contribution in [0.25, 0.3) is 10.8 Å². The lowest BCUT2D eigenvalue weighted by molar-refractivity contribution is 0.0527. The number of aromatic nitrogens is 2. The van der Waals surface area contributed by atoms with E-state index < -0.39 is 11.9 Å². The predicted octanol–water partition coefficient (Wildman–Crippen LogP) is 2.35. The standard InChI is InChI=1S/C18H15N3O4/c1-2-25-18(24)13-9-5-6-10-14(13)19-17(23)15-11-7-3-4-8-12(11)16(22)21-20-15/h3-10H,2H2,1H3,(H,19,23)(H,21,22). The van der Waals surface area contributed by atoms with E-state index in [9.17, 15) is 14.4 Å². The van der Waals surface area contributed by atoms with Gasteiger partial charge in [0.05, 0.1) is 23.2 Å². The summed E-state index contributed by atoms with van der Waals surface area (Å²) >= 11 is 0. The first-order valence-corrected chi connectivity index (χ1v) is 7.66. The van der Waals surface area contributed by atoms with E-state index in [1.54, 1.807) is 55.5 Å². The molecule has 0 saturated heterocycles. The van der Waals surface area contributed by atoms with Crippen molar-refractivity contribution in [1.29, 1.82) is 0 Å². The molecule has 3 rings (SSSR count). The molecule has 1 aromatic heterocycles. The Hall–Kier alpha value is -3.48. The molecule has 0 atom stereocenters. The lowest BCUT2D eigenvalue weighted by atomic mass is 10.1. The number of hydrogen-bond donors (Lipinski definition) is 2. The Morgan fingerprint density at radius 1 is 1.08 bits per heavy atom. The number of rotatable bonds is 4. The van der Waals surface area contributed by atoms with E-state index in [-0.39, 0.29) is 23.4 Å². The molecule has 0 radical (unpaired) electrons. The topological polar surface area (TPSA) is 101 Å². The van der Waals surface area contributed by atoms with Crippen LogP contribution in [-0.4, -0.2) is 28.7 Å². The highest BCUT2D eigenvalue weighted by molar-refractivity contribution is 6.12. The van der Waals surface area contributed by atoms with Crippen LogP contribution < -0.4 is 10.9 Å². The van der Waals surface area contributed by atoms with Crippen LogP contribution in [0, 0.1) is 0 Å². The van der Waals surface area contributed by atoms with Crippen molar-refractivity contribution in [2.75, 3.05) is 11.9 Å². The molecule has 7 heteroatoms. The van der Waals surface area contributed by atoms with Crippen LogP contribution in [0.15, 0.2) is 53.3 Å². The summed E-state index contributed by atoms with van der Waals surface area (Å²) in [6.07, 6.45) is 0. The van der Waals surface area contributed by atoms with Crippen molar-refractivity contribution in [2.24, 2.45) is 0 Å². The van der Waals surface area contributed by atoms with E-state index in [4.69, 9.17) is 4.74 Å². The second kappa shape index (κ2) is 6.96. The molecular weight excluding hydrogens is 322 g/mol. The van der Waals surface area contributed by atoms with E-state index >= 15 is 0 Å². The second-order valence-corrected chi connectivity index (χ2v) is 5.17. The van der Waals surface area contributed by atoms with E-state index in [0.717, 1.165) is 0 Å². The highest BCUT2D eigenvalue weighted by Crippen LogP contribution is 2.19. The molecule has 1 amide bonds. The summed E-state index contributed by atoms with van der Waals surface area (Å²) < 4.78 is 4.99. The number of amides is 1. The molecule has 2 aromatic carbocycles. The number of carbonyl (C=O) groups excluding carboxylic acids is 2. The first-order chi connectivity index (χ1) is 12.1. The maximum absolute atomic E-state index is 12.6. The number of esters is 1. The Labute approximate surface area is 142 Å². The maximum atomic E-state index is 12.6. The molecule has 0 fully saturated rings. The smallest absolute Gasteiger partial charge is 0.340 e. The molecule has 0 aliphatic carbocycles. The van der Waals surface area contributed by atoms with Crippen LogP contribution in [0.5, 0.6) is 0 Å². The Morgan fingerprint density at radius 2 is 1.76 bits per heavy atom. The summed E-state index contributed by atoms with van der Waals surface area (Å²) in [7, 11) is 0. The Morgan fingerprint density at radius 3 is 2.52 bits per heavy atom. The normalized spacial score (nSPS) is 10.4. The van der Waals surface area contributed by atoms with Crippen LogP contribution in [0.3, 0.4) is 0 Å². The monoisotopic (exact) mass is 337 g/mol. The SMILES string of the molecule is CCOC(=O)c1ccccc1NC(=O)c1n[nH]c(=O)c2ccccc12. The minimum absolute atomic E-state index is 0.0638. The van der Waals surface area contributed by atoms with Gasteiger partial charge in [-0.05, 0) is 25.1 Å². The summed E-state index contributed by atoms with van der Waals surface area (Å²) in [6, 6.07) is 13.2. The average molecular weight is 337 g/mol. The number of aromatic amines is 1. The van der Waals surface area contributed by atoms with E-state index in [1.807, 2.05) is 0 Å². The number of nitrogens with zero attached hydrogens (tertiary/aromatic N) is 1. The number of hydrogen-bond acceptors (Lipinski definition) is 5. The number of H-pyrrole nitrogens is 1. The van der Waals surface area contributed by atoms with Gasteiger partial charge in [-0.2, -0.15) is 5.10 Å². The molecule has 126 valence electrons. The zero-order valence-corrected chi connectivity index (χ0v) is 13.4. The molecule has 0 unspecified atom stereocenters. The van der Waals surface area contributed by atoms with Crippen LogP contribution in [-0.2, 0) is 4.74 Å². The minimum Gasteiger partial charge on any atom is -0.462 e. The third-order valence-electron chi connectivity index (χ3n) is 3.58. The summed E-state index contributed by atoms with van der Waals surface area (Å²) in [5, 5.41) is 9.60. The lowest BCUT2D eigenvalue weighted by Crippen LogP contribution is -2.20. The van der Waals surface area contributed by atoms with Gasteiger partial charge in [0.15, 0.2) is 5.69 Å². The first kappa shape index (κ1) is 16.4. The molecule has 0 aliphatic heterocycles. The Kier molecular flexibility index (Phi) is 4.56. The zero-order valence-electron chi connectivity index (χ0n) is 13.4. The first-order valence-electron chi connectivity index (χ1n) is 7.66.